The van der Waals surface area contributed by atoms with Gasteiger partial charge in [-0.15, -0.1) is 11.3 Å². The van der Waals surface area contributed by atoms with Crippen molar-refractivity contribution in [3.8, 4) is 11.5 Å². The Bertz CT molecular complexity index is 675. The lowest BCUT2D eigenvalue weighted by molar-refractivity contribution is 0.0941. The zero-order chi connectivity index (χ0) is 16.8. The molecule has 0 unspecified atom stereocenters. The van der Waals surface area contributed by atoms with Crippen molar-refractivity contribution >= 4 is 33.2 Å². The van der Waals surface area contributed by atoms with Crippen LogP contribution in [0.4, 0.5) is 0 Å². The van der Waals surface area contributed by atoms with Crippen molar-refractivity contribution in [1.82, 2.24) is 5.32 Å². The molecule has 23 heavy (non-hydrogen) atoms. The molecule has 0 aliphatic heterocycles. The third kappa shape index (κ3) is 4.95. The summed E-state index contributed by atoms with van der Waals surface area (Å²) in [5.41, 5.74) is 6.02. The van der Waals surface area contributed by atoms with E-state index in [2.05, 4.69) is 21.2 Å². The molecule has 1 atom stereocenters. The summed E-state index contributed by atoms with van der Waals surface area (Å²) < 4.78 is 12.2. The molecule has 1 aromatic heterocycles. The zero-order valence-electron chi connectivity index (χ0n) is 13.0. The highest BCUT2D eigenvalue weighted by atomic mass is 79.9. The van der Waals surface area contributed by atoms with Gasteiger partial charge in [0.1, 0.15) is 6.61 Å². The second kappa shape index (κ2) is 8.33. The van der Waals surface area contributed by atoms with Crippen molar-refractivity contribution in [2.45, 2.75) is 19.6 Å². The fraction of sp³-hybridized carbons (Fsp3) is 0.312. The lowest BCUT2D eigenvalue weighted by atomic mass is 10.1. The first-order valence-corrected chi connectivity index (χ1v) is 8.70. The number of ether oxygens (including phenoxy) is 2. The number of carbonyl (C=O) groups excluding carboxylic acids is 1. The van der Waals surface area contributed by atoms with Gasteiger partial charge >= 0.3 is 0 Å². The lowest BCUT2D eigenvalue weighted by Crippen LogP contribution is -2.37. The summed E-state index contributed by atoms with van der Waals surface area (Å²) in [7, 11) is 1.55. The van der Waals surface area contributed by atoms with Crippen LogP contribution in [0.2, 0.25) is 0 Å². The fourth-order valence-corrected chi connectivity index (χ4v) is 3.27. The van der Waals surface area contributed by atoms with Crippen LogP contribution in [-0.4, -0.2) is 25.6 Å². The number of nitrogens with two attached hydrogens (primary N) is 1. The van der Waals surface area contributed by atoms with Crippen LogP contribution < -0.4 is 20.5 Å². The first kappa shape index (κ1) is 17.8. The molecular weight excluding hydrogens is 380 g/mol. The number of amides is 1. The van der Waals surface area contributed by atoms with Gasteiger partial charge < -0.3 is 20.5 Å². The molecule has 0 bridgehead atoms. The van der Waals surface area contributed by atoms with Crippen LogP contribution in [0.25, 0.3) is 0 Å². The van der Waals surface area contributed by atoms with Gasteiger partial charge in [0.15, 0.2) is 11.5 Å². The van der Waals surface area contributed by atoms with Crippen LogP contribution >= 0.6 is 27.3 Å². The highest BCUT2D eigenvalue weighted by molar-refractivity contribution is 9.11. The Morgan fingerprint density at radius 1 is 1.35 bits per heavy atom. The van der Waals surface area contributed by atoms with E-state index in [1.54, 1.807) is 36.6 Å². The summed E-state index contributed by atoms with van der Waals surface area (Å²) in [6.45, 7) is 2.69. The molecule has 3 N–H and O–H groups in total. The highest BCUT2D eigenvalue weighted by Crippen LogP contribution is 2.30. The normalized spacial score (nSPS) is 11.8. The molecular formula is C16H19BrN2O3S. The van der Waals surface area contributed by atoms with Crippen LogP contribution in [0.15, 0.2) is 34.1 Å². The van der Waals surface area contributed by atoms with Gasteiger partial charge in [0.25, 0.3) is 5.91 Å². The van der Waals surface area contributed by atoms with Crippen LogP contribution in [0.5, 0.6) is 11.5 Å². The van der Waals surface area contributed by atoms with Crippen molar-refractivity contribution < 1.29 is 14.3 Å². The Hall–Kier alpha value is -1.57. The van der Waals surface area contributed by atoms with Crippen molar-refractivity contribution in [3.63, 3.8) is 0 Å². The van der Waals surface area contributed by atoms with E-state index in [0.29, 0.717) is 30.2 Å². The number of rotatable bonds is 7. The number of thiophene rings is 1. The van der Waals surface area contributed by atoms with E-state index in [0.717, 1.165) is 8.66 Å². The van der Waals surface area contributed by atoms with E-state index in [4.69, 9.17) is 15.2 Å². The van der Waals surface area contributed by atoms with Crippen molar-refractivity contribution in [3.05, 3.63) is 44.6 Å². The number of methoxy groups -OCH3 is 1. The Morgan fingerprint density at radius 3 is 2.74 bits per heavy atom. The third-order valence-corrected chi connectivity index (χ3v) is 4.75. The lowest BCUT2D eigenvalue weighted by Gasteiger charge is -2.14. The number of hydrogen-bond donors (Lipinski definition) is 2. The van der Waals surface area contributed by atoms with Crippen molar-refractivity contribution in [2.75, 3.05) is 13.7 Å². The molecule has 0 aliphatic rings. The van der Waals surface area contributed by atoms with Gasteiger partial charge in [-0.2, -0.15) is 0 Å². The van der Waals surface area contributed by atoms with Gasteiger partial charge in [-0.3, -0.25) is 4.79 Å². The summed E-state index contributed by atoms with van der Waals surface area (Å²) in [5.74, 6) is 0.934. The molecule has 0 spiro atoms. The molecule has 0 aliphatic carbocycles. The number of carbonyl (C=O) groups is 1. The molecule has 124 valence electrons. The molecule has 7 heteroatoms. The fourth-order valence-electron chi connectivity index (χ4n) is 1.87. The maximum Gasteiger partial charge on any atom is 0.251 e. The van der Waals surface area contributed by atoms with E-state index < -0.39 is 0 Å². The molecule has 1 aromatic carbocycles. The summed E-state index contributed by atoms with van der Waals surface area (Å²) in [4.78, 5) is 13.2. The minimum absolute atomic E-state index is 0.0818. The minimum Gasteiger partial charge on any atom is -0.493 e. The van der Waals surface area contributed by atoms with Gasteiger partial charge in [-0.05, 0) is 53.2 Å². The monoisotopic (exact) mass is 398 g/mol. The minimum atomic E-state index is -0.185. The van der Waals surface area contributed by atoms with E-state index in [1.165, 1.54) is 0 Å². The average Bonchev–Trinajstić information content (AvgIpc) is 2.97. The quantitative estimate of drug-likeness (QED) is 0.750. The smallest absolute Gasteiger partial charge is 0.251 e. The van der Waals surface area contributed by atoms with Gasteiger partial charge in [0, 0.05) is 23.0 Å². The van der Waals surface area contributed by atoms with E-state index in [9.17, 15) is 4.79 Å². The van der Waals surface area contributed by atoms with E-state index >= 15 is 0 Å². The number of halogens is 1. The zero-order valence-corrected chi connectivity index (χ0v) is 15.4. The summed E-state index contributed by atoms with van der Waals surface area (Å²) in [5, 5.41) is 2.81. The molecule has 0 saturated heterocycles. The SMILES string of the molecule is COc1cc(C(=O)N[C@@H](C)CN)ccc1OCc1ccc(Br)s1. The number of hydrogen-bond acceptors (Lipinski definition) is 5. The van der Waals surface area contributed by atoms with Crippen molar-refractivity contribution in [1.29, 1.82) is 0 Å². The largest absolute Gasteiger partial charge is 0.493 e. The van der Waals surface area contributed by atoms with Gasteiger partial charge in [-0.25, -0.2) is 0 Å². The molecule has 2 aromatic rings. The summed E-state index contributed by atoms with van der Waals surface area (Å²) in [6.07, 6.45) is 0. The Morgan fingerprint density at radius 2 is 2.13 bits per heavy atom. The molecule has 0 radical (unpaired) electrons. The highest BCUT2D eigenvalue weighted by Gasteiger charge is 2.13. The van der Waals surface area contributed by atoms with E-state index in [1.807, 2.05) is 19.1 Å². The van der Waals surface area contributed by atoms with Crippen molar-refractivity contribution in [2.24, 2.45) is 5.73 Å². The Kier molecular flexibility index (Phi) is 6.44. The predicted molar refractivity (Wildman–Crippen MR) is 95.3 cm³/mol. The molecule has 1 amide bonds. The maximum atomic E-state index is 12.1. The third-order valence-electron chi connectivity index (χ3n) is 3.16. The average molecular weight is 399 g/mol. The molecule has 1 heterocycles. The molecule has 0 saturated carbocycles. The number of nitrogens with one attached hydrogen (secondary N) is 1. The van der Waals surface area contributed by atoms with Crippen LogP contribution in [0, 0.1) is 0 Å². The molecule has 0 fully saturated rings. The van der Waals surface area contributed by atoms with Crippen LogP contribution in [0.1, 0.15) is 22.2 Å². The standard InChI is InChI=1S/C16H19BrN2O3S/c1-10(8-18)19-16(20)11-3-5-13(14(7-11)21-2)22-9-12-4-6-15(17)23-12/h3-7,10H,8-9,18H2,1-2H3,(H,19,20)/t10-/m0/s1. The second-order valence-corrected chi connectivity index (χ2v) is 7.52. The topological polar surface area (TPSA) is 73.6 Å². The second-order valence-electron chi connectivity index (χ2n) is 4.97. The van der Waals surface area contributed by atoms with Gasteiger partial charge in [-0.1, -0.05) is 0 Å². The van der Waals surface area contributed by atoms with Crippen LogP contribution in [-0.2, 0) is 6.61 Å². The maximum absolute atomic E-state index is 12.1. The van der Waals surface area contributed by atoms with Crippen LogP contribution in [0.3, 0.4) is 0 Å². The Labute approximate surface area is 147 Å². The summed E-state index contributed by atoms with van der Waals surface area (Å²) >= 11 is 5.04. The van der Waals surface area contributed by atoms with Gasteiger partial charge in [0.05, 0.1) is 10.9 Å². The first-order valence-electron chi connectivity index (χ1n) is 7.09. The van der Waals surface area contributed by atoms with Gasteiger partial charge in [0.2, 0.25) is 0 Å². The van der Waals surface area contributed by atoms with E-state index in [-0.39, 0.29) is 11.9 Å². The Balaban J connectivity index is 2.08. The number of benzene rings is 1. The first-order chi connectivity index (χ1) is 11.0. The molecule has 2 rings (SSSR count). The predicted octanol–water partition coefficient (Wildman–Crippen LogP) is 3.18. The summed E-state index contributed by atoms with van der Waals surface area (Å²) in [6, 6.07) is 9.01. The molecule has 5 nitrogen and oxygen atoms in total.